The zero-order chi connectivity index (χ0) is 15.4. The first-order chi connectivity index (χ1) is 10.0. The van der Waals surface area contributed by atoms with Gasteiger partial charge < -0.3 is 10.1 Å². The molecule has 0 fully saturated rings. The molecule has 2 rings (SSSR count). The number of benzene rings is 1. The number of carbonyl (C=O) groups excluding carboxylic acids is 1. The average Bonchev–Trinajstić information content (AvgIpc) is 2.47. The van der Waals surface area contributed by atoms with Gasteiger partial charge in [-0.3, -0.25) is 4.79 Å². The summed E-state index contributed by atoms with van der Waals surface area (Å²) < 4.78 is 5.16. The molecular weight excluding hydrogens is 288 g/mol. The molecule has 1 amide bonds. The van der Waals surface area contributed by atoms with Gasteiger partial charge in [-0.05, 0) is 11.3 Å². The van der Waals surface area contributed by atoms with Gasteiger partial charge >= 0.3 is 0 Å². The molecule has 0 aliphatic rings. The standard InChI is InChI=1S/C16H19ClN2O2/c1-10(2)14(9-21-3)19-16(20)13-8-18-15(17)12-7-5-4-6-11(12)13/h4-8,10,14H,9H2,1-3H3,(H,19,20). The highest BCUT2D eigenvalue weighted by Crippen LogP contribution is 2.24. The molecule has 2 aromatic rings. The van der Waals surface area contributed by atoms with Crippen LogP contribution in [0.3, 0.4) is 0 Å². The summed E-state index contributed by atoms with van der Waals surface area (Å²) in [5.41, 5.74) is 0.525. The van der Waals surface area contributed by atoms with E-state index in [1.165, 1.54) is 6.20 Å². The lowest BCUT2D eigenvalue weighted by atomic mass is 10.0. The van der Waals surface area contributed by atoms with Gasteiger partial charge in [-0.2, -0.15) is 0 Å². The van der Waals surface area contributed by atoms with Gasteiger partial charge in [0, 0.05) is 18.7 Å². The number of amides is 1. The molecule has 112 valence electrons. The molecule has 0 bridgehead atoms. The largest absolute Gasteiger partial charge is 0.383 e. The molecule has 0 saturated heterocycles. The van der Waals surface area contributed by atoms with Crippen LogP contribution >= 0.6 is 11.6 Å². The number of nitrogens with one attached hydrogen (secondary N) is 1. The van der Waals surface area contributed by atoms with Crippen LogP contribution in [0.15, 0.2) is 30.5 Å². The minimum absolute atomic E-state index is 0.0445. The Hall–Kier alpha value is -1.65. The van der Waals surface area contributed by atoms with Crippen LogP contribution in [-0.4, -0.2) is 30.6 Å². The number of pyridine rings is 1. The summed E-state index contributed by atoms with van der Waals surface area (Å²) in [6.07, 6.45) is 1.52. The van der Waals surface area contributed by atoms with Crippen LogP contribution in [0, 0.1) is 5.92 Å². The molecule has 0 aliphatic carbocycles. The summed E-state index contributed by atoms with van der Waals surface area (Å²) in [5, 5.41) is 4.98. The predicted molar refractivity (Wildman–Crippen MR) is 84.7 cm³/mol. The Balaban J connectivity index is 2.33. The monoisotopic (exact) mass is 306 g/mol. The lowest BCUT2D eigenvalue weighted by Crippen LogP contribution is -2.41. The zero-order valence-corrected chi connectivity index (χ0v) is 13.1. The molecule has 1 unspecified atom stereocenters. The van der Waals surface area contributed by atoms with Gasteiger partial charge in [-0.25, -0.2) is 4.98 Å². The minimum Gasteiger partial charge on any atom is -0.383 e. The van der Waals surface area contributed by atoms with Crippen LogP contribution in [0.4, 0.5) is 0 Å². The number of rotatable bonds is 5. The minimum atomic E-state index is -0.161. The highest BCUT2D eigenvalue weighted by molar-refractivity contribution is 6.34. The van der Waals surface area contributed by atoms with E-state index in [1.54, 1.807) is 7.11 Å². The van der Waals surface area contributed by atoms with Crippen LogP contribution in [0.1, 0.15) is 24.2 Å². The van der Waals surface area contributed by atoms with Crippen molar-refractivity contribution in [2.75, 3.05) is 13.7 Å². The van der Waals surface area contributed by atoms with Crippen LogP contribution in [-0.2, 0) is 4.74 Å². The number of methoxy groups -OCH3 is 1. The maximum atomic E-state index is 12.5. The third-order valence-electron chi connectivity index (χ3n) is 3.46. The number of nitrogens with zero attached hydrogens (tertiary/aromatic N) is 1. The Morgan fingerprint density at radius 1 is 1.33 bits per heavy atom. The quantitative estimate of drug-likeness (QED) is 0.862. The van der Waals surface area contributed by atoms with Crippen molar-refractivity contribution in [2.45, 2.75) is 19.9 Å². The summed E-state index contributed by atoms with van der Waals surface area (Å²) >= 11 is 6.08. The molecular formula is C16H19ClN2O2. The van der Waals surface area contributed by atoms with Gasteiger partial charge in [0.1, 0.15) is 5.15 Å². The van der Waals surface area contributed by atoms with Crippen molar-refractivity contribution in [3.8, 4) is 0 Å². The van der Waals surface area contributed by atoms with E-state index in [0.29, 0.717) is 17.3 Å². The van der Waals surface area contributed by atoms with Gasteiger partial charge in [0.2, 0.25) is 0 Å². The molecule has 1 aromatic carbocycles. The molecule has 0 radical (unpaired) electrons. The average molecular weight is 307 g/mol. The topological polar surface area (TPSA) is 51.2 Å². The number of halogens is 1. The second-order valence-corrected chi connectivity index (χ2v) is 5.65. The SMILES string of the molecule is COCC(NC(=O)c1cnc(Cl)c2ccccc12)C(C)C. The van der Waals surface area contributed by atoms with Gasteiger partial charge in [-0.1, -0.05) is 49.7 Å². The Morgan fingerprint density at radius 3 is 2.62 bits per heavy atom. The fraction of sp³-hybridized carbons (Fsp3) is 0.375. The zero-order valence-electron chi connectivity index (χ0n) is 12.4. The Labute approximate surface area is 129 Å². The molecule has 1 heterocycles. The molecule has 1 N–H and O–H groups in total. The first kappa shape index (κ1) is 15.7. The Kier molecular flexibility index (Phi) is 5.15. The van der Waals surface area contributed by atoms with Crippen molar-refractivity contribution in [2.24, 2.45) is 5.92 Å². The highest BCUT2D eigenvalue weighted by atomic mass is 35.5. The second kappa shape index (κ2) is 6.87. The van der Waals surface area contributed by atoms with Crippen molar-refractivity contribution >= 4 is 28.3 Å². The fourth-order valence-corrected chi connectivity index (χ4v) is 2.38. The lowest BCUT2D eigenvalue weighted by molar-refractivity contribution is 0.0868. The number of hydrogen-bond acceptors (Lipinski definition) is 3. The van der Waals surface area contributed by atoms with Crippen molar-refractivity contribution in [3.63, 3.8) is 0 Å². The van der Waals surface area contributed by atoms with E-state index < -0.39 is 0 Å². The van der Waals surface area contributed by atoms with Crippen LogP contribution in [0.25, 0.3) is 10.8 Å². The van der Waals surface area contributed by atoms with Crippen LogP contribution < -0.4 is 5.32 Å². The summed E-state index contributed by atoms with van der Waals surface area (Å²) in [6, 6.07) is 7.44. The van der Waals surface area contributed by atoms with E-state index in [-0.39, 0.29) is 17.9 Å². The second-order valence-electron chi connectivity index (χ2n) is 5.29. The van der Waals surface area contributed by atoms with E-state index >= 15 is 0 Å². The maximum absolute atomic E-state index is 12.5. The van der Waals surface area contributed by atoms with Gasteiger partial charge in [0.25, 0.3) is 5.91 Å². The molecule has 4 nitrogen and oxygen atoms in total. The third kappa shape index (κ3) is 3.52. The molecule has 21 heavy (non-hydrogen) atoms. The number of carbonyl (C=O) groups is 1. The first-order valence-electron chi connectivity index (χ1n) is 6.87. The number of fused-ring (bicyclic) bond motifs is 1. The van der Waals surface area contributed by atoms with Crippen molar-refractivity contribution in [1.29, 1.82) is 0 Å². The number of aromatic nitrogens is 1. The lowest BCUT2D eigenvalue weighted by Gasteiger charge is -2.21. The maximum Gasteiger partial charge on any atom is 0.253 e. The van der Waals surface area contributed by atoms with Crippen LogP contribution in [0.5, 0.6) is 0 Å². The molecule has 1 atom stereocenters. The normalized spacial score (nSPS) is 12.6. The summed E-state index contributed by atoms with van der Waals surface area (Å²) in [7, 11) is 1.63. The van der Waals surface area contributed by atoms with Crippen molar-refractivity contribution < 1.29 is 9.53 Å². The first-order valence-corrected chi connectivity index (χ1v) is 7.25. The third-order valence-corrected chi connectivity index (χ3v) is 3.76. The Morgan fingerprint density at radius 2 is 2.00 bits per heavy atom. The van der Waals surface area contributed by atoms with E-state index in [2.05, 4.69) is 10.3 Å². The van der Waals surface area contributed by atoms with Gasteiger partial charge in [0.05, 0.1) is 18.2 Å². The van der Waals surface area contributed by atoms with Gasteiger partial charge in [-0.15, -0.1) is 0 Å². The smallest absolute Gasteiger partial charge is 0.253 e. The van der Waals surface area contributed by atoms with E-state index in [9.17, 15) is 4.79 Å². The Bertz CT molecular complexity index is 643. The van der Waals surface area contributed by atoms with Gasteiger partial charge in [0.15, 0.2) is 0 Å². The molecule has 0 spiro atoms. The molecule has 5 heteroatoms. The van der Waals surface area contributed by atoms with Crippen molar-refractivity contribution in [1.82, 2.24) is 10.3 Å². The van der Waals surface area contributed by atoms with Crippen LogP contribution in [0.2, 0.25) is 5.15 Å². The summed E-state index contributed by atoms with van der Waals surface area (Å²) in [6.45, 7) is 4.56. The molecule has 1 aromatic heterocycles. The summed E-state index contributed by atoms with van der Waals surface area (Å²) in [4.78, 5) is 16.6. The number of ether oxygens (including phenoxy) is 1. The highest BCUT2D eigenvalue weighted by Gasteiger charge is 2.19. The number of hydrogen-bond donors (Lipinski definition) is 1. The molecule has 0 saturated carbocycles. The van der Waals surface area contributed by atoms with Crippen molar-refractivity contribution in [3.05, 3.63) is 41.2 Å². The fourth-order valence-electron chi connectivity index (χ4n) is 2.17. The summed E-state index contributed by atoms with van der Waals surface area (Å²) in [5.74, 6) is 0.117. The van der Waals surface area contributed by atoms with E-state index in [0.717, 1.165) is 10.8 Å². The predicted octanol–water partition coefficient (Wildman–Crippen LogP) is 3.29. The van der Waals surface area contributed by atoms with E-state index in [4.69, 9.17) is 16.3 Å². The molecule has 0 aliphatic heterocycles. The van der Waals surface area contributed by atoms with E-state index in [1.807, 2.05) is 38.1 Å².